The third kappa shape index (κ3) is 4.42. The minimum absolute atomic E-state index is 0. The van der Waals surface area contributed by atoms with Crippen molar-refractivity contribution in [2.75, 3.05) is 18.8 Å². The summed E-state index contributed by atoms with van der Waals surface area (Å²) in [4.78, 5) is 31.4. The molecule has 134 valence electrons. The first-order valence-corrected chi connectivity index (χ1v) is 8.95. The minimum Gasteiger partial charge on any atom is -0.334 e. The van der Waals surface area contributed by atoms with Gasteiger partial charge in [-0.25, -0.2) is 4.98 Å². The number of hydrogen-bond acceptors (Lipinski definition) is 5. The molecule has 0 fully saturated rings. The molecule has 1 aliphatic rings. The number of nitrogens with two attached hydrogens (primary N) is 1. The number of halogens is 1. The quantitative estimate of drug-likeness (QED) is 0.772. The fraction of sp³-hybridized carbons (Fsp3) is 0.353. The highest BCUT2D eigenvalue weighted by Gasteiger charge is 2.23. The summed E-state index contributed by atoms with van der Waals surface area (Å²) in [7, 11) is 0. The van der Waals surface area contributed by atoms with Crippen molar-refractivity contribution in [3.8, 4) is 0 Å². The zero-order chi connectivity index (χ0) is 16.9. The Hall–Kier alpha value is -1.83. The van der Waals surface area contributed by atoms with E-state index in [1.807, 2.05) is 30.3 Å². The van der Waals surface area contributed by atoms with Gasteiger partial charge in [0.25, 0.3) is 11.5 Å². The molecule has 0 unspecified atom stereocenters. The Morgan fingerprint density at radius 1 is 1.32 bits per heavy atom. The molecule has 2 N–H and O–H groups in total. The summed E-state index contributed by atoms with van der Waals surface area (Å²) in [5, 5.41) is 0.688. The summed E-state index contributed by atoms with van der Waals surface area (Å²) in [5.74, 6) is 0.540. The van der Waals surface area contributed by atoms with Gasteiger partial charge in [-0.2, -0.15) is 0 Å². The van der Waals surface area contributed by atoms with Crippen LogP contribution in [0.5, 0.6) is 0 Å². The van der Waals surface area contributed by atoms with Crippen LogP contribution in [-0.2, 0) is 13.1 Å². The molecule has 0 aliphatic carbocycles. The van der Waals surface area contributed by atoms with Crippen molar-refractivity contribution in [2.24, 2.45) is 5.73 Å². The van der Waals surface area contributed by atoms with Crippen LogP contribution in [0, 0.1) is 0 Å². The molecule has 1 aliphatic heterocycles. The van der Waals surface area contributed by atoms with Crippen molar-refractivity contribution < 1.29 is 4.79 Å². The van der Waals surface area contributed by atoms with Crippen LogP contribution >= 0.6 is 24.2 Å². The lowest BCUT2D eigenvalue weighted by Crippen LogP contribution is -2.37. The third-order valence-electron chi connectivity index (χ3n) is 3.92. The highest BCUT2D eigenvalue weighted by Crippen LogP contribution is 2.21. The maximum absolute atomic E-state index is 12.9. The number of fused-ring (bicyclic) bond motifs is 1. The Kier molecular flexibility index (Phi) is 7.04. The zero-order valence-corrected chi connectivity index (χ0v) is 15.4. The Bertz CT molecular complexity index is 782. The van der Waals surface area contributed by atoms with Gasteiger partial charge in [0.15, 0.2) is 5.16 Å². The maximum Gasteiger partial charge on any atom is 0.267 e. The molecule has 0 bridgehead atoms. The van der Waals surface area contributed by atoms with Gasteiger partial charge in [0.05, 0.1) is 0 Å². The van der Waals surface area contributed by atoms with E-state index in [9.17, 15) is 9.59 Å². The highest BCUT2D eigenvalue weighted by molar-refractivity contribution is 7.99. The Balaban J connectivity index is 0.00000225. The van der Waals surface area contributed by atoms with Crippen molar-refractivity contribution in [1.29, 1.82) is 0 Å². The molecule has 0 saturated carbocycles. The Labute approximate surface area is 156 Å². The van der Waals surface area contributed by atoms with E-state index in [-0.39, 0.29) is 29.4 Å². The number of aromatic nitrogens is 2. The van der Waals surface area contributed by atoms with Crippen LogP contribution in [-0.4, -0.2) is 39.2 Å². The van der Waals surface area contributed by atoms with Crippen molar-refractivity contribution in [3.05, 3.63) is 58.0 Å². The van der Waals surface area contributed by atoms with Crippen molar-refractivity contribution in [2.45, 2.75) is 24.7 Å². The molecule has 1 aromatic heterocycles. The monoisotopic (exact) mass is 380 g/mol. The Morgan fingerprint density at radius 2 is 2.08 bits per heavy atom. The van der Waals surface area contributed by atoms with Crippen molar-refractivity contribution in [1.82, 2.24) is 14.5 Å². The topological polar surface area (TPSA) is 81.2 Å². The molecule has 0 spiro atoms. The number of hydrogen-bond donors (Lipinski definition) is 1. The third-order valence-corrected chi connectivity index (χ3v) is 4.89. The lowest BCUT2D eigenvalue weighted by Gasteiger charge is -2.22. The van der Waals surface area contributed by atoms with E-state index in [0.29, 0.717) is 37.8 Å². The molecule has 6 nitrogen and oxygen atoms in total. The van der Waals surface area contributed by atoms with Gasteiger partial charge in [-0.3, -0.25) is 14.2 Å². The van der Waals surface area contributed by atoms with Gasteiger partial charge < -0.3 is 10.6 Å². The number of amides is 1. The van der Waals surface area contributed by atoms with Crippen LogP contribution in [0.3, 0.4) is 0 Å². The van der Waals surface area contributed by atoms with Crippen LogP contribution in [0.25, 0.3) is 0 Å². The van der Waals surface area contributed by atoms with Crippen LogP contribution in [0.4, 0.5) is 0 Å². The molecule has 2 aromatic rings. The molecule has 1 aromatic carbocycles. The van der Waals surface area contributed by atoms with Gasteiger partial charge in [-0.1, -0.05) is 42.1 Å². The summed E-state index contributed by atoms with van der Waals surface area (Å²) in [5.41, 5.74) is 6.50. The summed E-state index contributed by atoms with van der Waals surface area (Å²) >= 11 is 1.54. The lowest BCUT2D eigenvalue weighted by molar-refractivity contribution is 0.0739. The normalized spacial score (nSPS) is 12.4. The van der Waals surface area contributed by atoms with E-state index in [1.54, 1.807) is 9.47 Å². The average Bonchev–Trinajstić information content (AvgIpc) is 3.09. The van der Waals surface area contributed by atoms with Crippen LogP contribution in [0.2, 0.25) is 0 Å². The zero-order valence-electron chi connectivity index (χ0n) is 13.8. The van der Waals surface area contributed by atoms with Gasteiger partial charge in [-0.05, 0) is 18.5 Å². The summed E-state index contributed by atoms with van der Waals surface area (Å²) < 4.78 is 1.58. The molecular formula is C17H21ClN4O2S. The number of carbonyl (C=O) groups excluding carboxylic acids is 1. The molecule has 0 radical (unpaired) electrons. The van der Waals surface area contributed by atoms with Gasteiger partial charge in [0, 0.05) is 31.6 Å². The molecule has 3 rings (SSSR count). The standard InChI is InChI=1S/C17H20N4O2S.ClH/c18-7-4-8-20(12-13-5-2-1-3-6-13)15(22)14-11-19-17-21(16(14)23)9-10-24-17;/h1-3,5-6,11H,4,7-10,12,18H2;1H. The Morgan fingerprint density at radius 3 is 2.80 bits per heavy atom. The summed E-state index contributed by atoms with van der Waals surface area (Å²) in [6.07, 6.45) is 2.10. The predicted octanol–water partition coefficient (Wildman–Crippen LogP) is 1.76. The first kappa shape index (κ1) is 19.5. The molecule has 0 atom stereocenters. The maximum atomic E-state index is 12.9. The SMILES string of the molecule is Cl.NCCCN(Cc1ccccc1)C(=O)c1cnc2n(c1=O)CCS2. The number of rotatable bonds is 6. The smallest absolute Gasteiger partial charge is 0.267 e. The number of thioether (sulfide) groups is 1. The second-order valence-electron chi connectivity index (χ2n) is 5.61. The van der Waals surface area contributed by atoms with Crippen LogP contribution in [0.15, 0.2) is 46.5 Å². The van der Waals surface area contributed by atoms with Crippen LogP contribution in [0.1, 0.15) is 22.3 Å². The molecular weight excluding hydrogens is 360 g/mol. The fourth-order valence-corrected chi connectivity index (χ4v) is 3.59. The van der Waals surface area contributed by atoms with E-state index in [4.69, 9.17) is 5.73 Å². The predicted molar refractivity (Wildman–Crippen MR) is 101 cm³/mol. The van der Waals surface area contributed by atoms with E-state index in [2.05, 4.69) is 4.98 Å². The second-order valence-corrected chi connectivity index (χ2v) is 6.68. The number of nitrogens with zero attached hydrogens (tertiary/aromatic N) is 3. The first-order chi connectivity index (χ1) is 11.7. The van der Waals surface area contributed by atoms with Gasteiger partial charge in [-0.15, -0.1) is 12.4 Å². The molecule has 8 heteroatoms. The minimum atomic E-state index is -0.281. The van der Waals surface area contributed by atoms with Crippen molar-refractivity contribution in [3.63, 3.8) is 0 Å². The summed E-state index contributed by atoms with van der Waals surface area (Å²) in [6.45, 7) is 2.07. The van der Waals surface area contributed by atoms with Gasteiger partial charge in [0.1, 0.15) is 5.56 Å². The van der Waals surface area contributed by atoms with E-state index < -0.39 is 0 Å². The molecule has 25 heavy (non-hydrogen) atoms. The van der Waals surface area contributed by atoms with E-state index in [1.165, 1.54) is 18.0 Å². The fourth-order valence-electron chi connectivity index (χ4n) is 2.67. The van der Waals surface area contributed by atoms with Gasteiger partial charge >= 0.3 is 0 Å². The highest BCUT2D eigenvalue weighted by atomic mass is 35.5. The molecule has 1 amide bonds. The molecule has 2 heterocycles. The summed E-state index contributed by atoms with van der Waals surface area (Å²) in [6, 6.07) is 9.73. The van der Waals surface area contributed by atoms with Gasteiger partial charge in [0.2, 0.25) is 0 Å². The van der Waals surface area contributed by atoms with E-state index >= 15 is 0 Å². The lowest BCUT2D eigenvalue weighted by atomic mass is 10.2. The van der Waals surface area contributed by atoms with Crippen molar-refractivity contribution >= 4 is 30.1 Å². The number of benzene rings is 1. The largest absolute Gasteiger partial charge is 0.334 e. The average molecular weight is 381 g/mol. The second kappa shape index (κ2) is 9.03. The first-order valence-electron chi connectivity index (χ1n) is 7.96. The van der Waals surface area contributed by atoms with Crippen LogP contribution < -0.4 is 11.3 Å². The number of carbonyl (C=O) groups is 1. The molecule has 0 saturated heterocycles. The van der Waals surface area contributed by atoms with E-state index in [0.717, 1.165) is 11.3 Å².